The van der Waals surface area contributed by atoms with Crippen LogP contribution in [0.3, 0.4) is 0 Å². The van der Waals surface area contributed by atoms with E-state index in [2.05, 4.69) is 23.9 Å². The molecule has 0 spiro atoms. The lowest BCUT2D eigenvalue weighted by atomic mass is 10.0. The predicted octanol–water partition coefficient (Wildman–Crippen LogP) is 1.20. The van der Waals surface area contributed by atoms with Gasteiger partial charge in [-0.05, 0) is 51.2 Å². The summed E-state index contributed by atoms with van der Waals surface area (Å²) >= 11 is 0. The number of benzene rings is 1. The molecule has 0 aromatic heterocycles. The fraction of sp³-hybridized carbons (Fsp3) is 0.625. The van der Waals surface area contributed by atoms with Crippen molar-refractivity contribution in [1.29, 1.82) is 0 Å². The number of piperidine rings is 1. The molecule has 0 bridgehead atoms. The van der Waals surface area contributed by atoms with Crippen LogP contribution < -0.4 is 5.73 Å². The highest BCUT2D eigenvalue weighted by Gasteiger charge is 2.22. The number of aliphatic hydroxyl groups excluding tert-OH is 1. The summed E-state index contributed by atoms with van der Waals surface area (Å²) in [5.41, 5.74) is 7.68. The van der Waals surface area contributed by atoms with E-state index in [9.17, 15) is 5.11 Å². The van der Waals surface area contributed by atoms with E-state index in [1.165, 1.54) is 12.8 Å². The van der Waals surface area contributed by atoms with Crippen molar-refractivity contribution in [3.05, 3.63) is 35.4 Å². The first-order valence-corrected chi connectivity index (χ1v) is 7.46. The SMILES string of the molecule is CN(C)C1CCN(CC(O)c2ccc(CN)cc2)CC1. The zero-order valence-corrected chi connectivity index (χ0v) is 12.6. The van der Waals surface area contributed by atoms with Crippen LogP contribution in [0.1, 0.15) is 30.1 Å². The van der Waals surface area contributed by atoms with Crippen LogP contribution >= 0.6 is 0 Å². The molecule has 0 saturated carbocycles. The van der Waals surface area contributed by atoms with Gasteiger partial charge in [0.2, 0.25) is 0 Å². The molecule has 1 saturated heterocycles. The Morgan fingerprint density at radius 2 is 1.85 bits per heavy atom. The lowest BCUT2D eigenvalue weighted by Gasteiger charge is -2.36. The molecule has 0 radical (unpaired) electrons. The maximum Gasteiger partial charge on any atom is 0.0916 e. The number of likely N-dealkylation sites (tertiary alicyclic amines) is 1. The molecular formula is C16H27N3O. The largest absolute Gasteiger partial charge is 0.387 e. The van der Waals surface area contributed by atoms with Crippen LogP contribution in [0.5, 0.6) is 0 Å². The highest BCUT2D eigenvalue weighted by Crippen LogP contribution is 2.19. The third-order valence-corrected chi connectivity index (χ3v) is 4.32. The molecule has 1 aromatic carbocycles. The molecule has 4 nitrogen and oxygen atoms in total. The summed E-state index contributed by atoms with van der Waals surface area (Å²) < 4.78 is 0. The minimum absolute atomic E-state index is 0.405. The van der Waals surface area contributed by atoms with E-state index in [0.717, 1.165) is 30.8 Å². The fourth-order valence-electron chi connectivity index (χ4n) is 2.84. The topological polar surface area (TPSA) is 52.7 Å². The molecule has 1 fully saturated rings. The van der Waals surface area contributed by atoms with E-state index in [4.69, 9.17) is 5.73 Å². The second-order valence-electron chi connectivity index (χ2n) is 5.96. The summed E-state index contributed by atoms with van der Waals surface area (Å²) in [4.78, 5) is 4.67. The average molecular weight is 277 g/mol. The van der Waals surface area contributed by atoms with E-state index in [0.29, 0.717) is 12.6 Å². The van der Waals surface area contributed by atoms with Crippen LogP contribution in [0.15, 0.2) is 24.3 Å². The van der Waals surface area contributed by atoms with Crippen molar-refractivity contribution in [3.63, 3.8) is 0 Å². The summed E-state index contributed by atoms with van der Waals surface area (Å²) in [6.45, 7) is 3.41. The molecular weight excluding hydrogens is 250 g/mol. The van der Waals surface area contributed by atoms with Gasteiger partial charge in [0, 0.05) is 19.1 Å². The molecule has 1 atom stereocenters. The molecule has 3 N–H and O–H groups in total. The van der Waals surface area contributed by atoms with Gasteiger partial charge in [-0.1, -0.05) is 24.3 Å². The molecule has 1 aliphatic heterocycles. The monoisotopic (exact) mass is 277 g/mol. The number of β-amino-alcohol motifs (C(OH)–C–C–N with tert-alkyl or cyclic N) is 1. The summed E-state index contributed by atoms with van der Waals surface area (Å²) in [6.07, 6.45) is 1.97. The van der Waals surface area contributed by atoms with Gasteiger partial charge >= 0.3 is 0 Å². The Labute approximate surface area is 122 Å². The number of hydrogen-bond donors (Lipinski definition) is 2. The Hall–Kier alpha value is -0.940. The van der Waals surface area contributed by atoms with Crippen LogP contribution in [-0.4, -0.2) is 54.7 Å². The van der Waals surface area contributed by atoms with Gasteiger partial charge in [0.05, 0.1) is 6.10 Å². The Kier molecular flexibility index (Phi) is 5.54. The van der Waals surface area contributed by atoms with Crippen LogP contribution in [0.2, 0.25) is 0 Å². The van der Waals surface area contributed by atoms with Crippen molar-refractivity contribution in [2.45, 2.75) is 31.5 Å². The normalized spacial score (nSPS) is 19.4. The van der Waals surface area contributed by atoms with E-state index in [-0.39, 0.29) is 0 Å². The van der Waals surface area contributed by atoms with Crippen LogP contribution in [0.4, 0.5) is 0 Å². The summed E-state index contributed by atoms with van der Waals surface area (Å²) in [5, 5.41) is 10.3. The van der Waals surface area contributed by atoms with Crippen molar-refractivity contribution < 1.29 is 5.11 Å². The Bertz CT molecular complexity index is 397. The first kappa shape index (κ1) is 15.4. The molecule has 2 rings (SSSR count). The maximum atomic E-state index is 10.3. The van der Waals surface area contributed by atoms with Crippen molar-refractivity contribution in [2.75, 3.05) is 33.7 Å². The standard InChI is InChI=1S/C16H27N3O/c1-18(2)15-7-9-19(10-8-15)12-16(20)14-5-3-13(11-17)4-6-14/h3-6,15-16,20H,7-12,17H2,1-2H3. The van der Waals surface area contributed by atoms with Crippen molar-refractivity contribution >= 4 is 0 Å². The van der Waals surface area contributed by atoms with Crippen molar-refractivity contribution in [2.24, 2.45) is 5.73 Å². The number of nitrogens with two attached hydrogens (primary N) is 1. The van der Waals surface area contributed by atoms with Gasteiger partial charge in [0.1, 0.15) is 0 Å². The second kappa shape index (κ2) is 7.18. The maximum absolute atomic E-state index is 10.3. The molecule has 1 heterocycles. The molecule has 4 heteroatoms. The van der Waals surface area contributed by atoms with Gasteiger partial charge in [0.25, 0.3) is 0 Å². The Morgan fingerprint density at radius 3 is 2.35 bits per heavy atom. The van der Waals surface area contributed by atoms with Crippen molar-refractivity contribution in [1.82, 2.24) is 9.80 Å². The van der Waals surface area contributed by atoms with Crippen molar-refractivity contribution in [3.8, 4) is 0 Å². The number of nitrogens with zero attached hydrogens (tertiary/aromatic N) is 2. The Balaban J connectivity index is 1.84. The second-order valence-corrected chi connectivity index (χ2v) is 5.96. The smallest absolute Gasteiger partial charge is 0.0916 e. The lowest BCUT2D eigenvalue weighted by Crippen LogP contribution is -2.43. The minimum atomic E-state index is -0.405. The third-order valence-electron chi connectivity index (χ3n) is 4.32. The lowest BCUT2D eigenvalue weighted by molar-refractivity contribution is 0.0798. The first-order chi connectivity index (χ1) is 9.60. The van der Waals surface area contributed by atoms with E-state index < -0.39 is 6.10 Å². The third kappa shape index (κ3) is 4.03. The van der Waals surface area contributed by atoms with E-state index >= 15 is 0 Å². The minimum Gasteiger partial charge on any atom is -0.387 e. The van der Waals surface area contributed by atoms with Gasteiger partial charge in [0.15, 0.2) is 0 Å². The van der Waals surface area contributed by atoms with Crippen LogP contribution in [0, 0.1) is 0 Å². The van der Waals surface area contributed by atoms with Gasteiger partial charge in [-0.15, -0.1) is 0 Å². The van der Waals surface area contributed by atoms with Gasteiger partial charge in [-0.25, -0.2) is 0 Å². The molecule has 112 valence electrons. The van der Waals surface area contributed by atoms with E-state index in [1.807, 2.05) is 24.3 Å². The molecule has 0 amide bonds. The van der Waals surface area contributed by atoms with Crippen LogP contribution in [0.25, 0.3) is 0 Å². The molecule has 1 aromatic rings. The zero-order valence-electron chi connectivity index (χ0n) is 12.6. The molecule has 1 unspecified atom stereocenters. The summed E-state index contributed by atoms with van der Waals surface area (Å²) in [6, 6.07) is 8.65. The average Bonchev–Trinajstić information content (AvgIpc) is 2.48. The predicted molar refractivity (Wildman–Crippen MR) is 82.4 cm³/mol. The highest BCUT2D eigenvalue weighted by atomic mass is 16.3. The van der Waals surface area contributed by atoms with Gasteiger partial charge in [-0.2, -0.15) is 0 Å². The quantitative estimate of drug-likeness (QED) is 0.849. The summed E-state index contributed by atoms with van der Waals surface area (Å²) in [7, 11) is 4.29. The Morgan fingerprint density at radius 1 is 1.25 bits per heavy atom. The van der Waals surface area contributed by atoms with E-state index in [1.54, 1.807) is 0 Å². The molecule has 1 aliphatic rings. The zero-order chi connectivity index (χ0) is 14.5. The molecule has 0 aliphatic carbocycles. The number of aliphatic hydroxyl groups is 1. The fourth-order valence-corrected chi connectivity index (χ4v) is 2.84. The number of hydrogen-bond acceptors (Lipinski definition) is 4. The van der Waals surface area contributed by atoms with Gasteiger partial charge < -0.3 is 20.6 Å². The van der Waals surface area contributed by atoms with Crippen LogP contribution in [-0.2, 0) is 6.54 Å². The number of rotatable bonds is 5. The highest BCUT2D eigenvalue weighted by molar-refractivity contribution is 5.24. The summed E-state index contributed by atoms with van der Waals surface area (Å²) in [5.74, 6) is 0. The molecule has 20 heavy (non-hydrogen) atoms. The van der Waals surface area contributed by atoms with Gasteiger partial charge in [-0.3, -0.25) is 0 Å². The first-order valence-electron chi connectivity index (χ1n) is 7.46.